The molecule has 1 saturated heterocycles. The van der Waals surface area contributed by atoms with Crippen LogP contribution in [0.1, 0.15) is 32.4 Å². The number of H-pyrrole nitrogens is 1. The van der Waals surface area contributed by atoms with E-state index in [1.54, 1.807) is 38.5 Å². The normalized spacial score (nSPS) is 20.2. The molecule has 10 heteroatoms. The van der Waals surface area contributed by atoms with Crippen LogP contribution in [0.25, 0.3) is 22.6 Å². The number of amides is 1. The Bertz CT molecular complexity index is 1140. The quantitative estimate of drug-likeness (QED) is 0.545. The number of carbonyl (C=O) groups is 1. The van der Waals surface area contributed by atoms with Crippen LogP contribution in [0.3, 0.4) is 0 Å². The number of nitrogens with zero attached hydrogens (tertiary/aromatic N) is 4. The standard InChI is InChI=1S/C24H29FN6O3/c1-5-11-26-23-27-12-10-17(28-23)19-18(15-6-8-16(25)9-7-15)29-20(30-19)21-33-13-24(2,14-34-21)22(32)31(3)4/h6-10,12,21H,5,11,13-14H2,1-4H3,(H,29,30)(H,26,27,28). The molecule has 0 spiro atoms. The van der Waals surface area contributed by atoms with Crippen LogP contribution in [0.4, 0.5) is 10.3 Å². The first-order chi connectivity index (χ1) is 16.3. The Morgan fingerprint density at radius 3 is 2.56 bits per heavy atom. The highest BCUT2D eigenvalue weighted by Gasteiger charge is 2.41. The summed E-state index contributed by atoms with van der Waals surface area (Å²) < 4.78 is 25.4. The van der Waals surface area contributed by atoms with E-state index in [0.717, 1.165) is 13.0 Å². The molecule has 3 aromatic rings. The molecule has 1 aromatic carbocycles. The molecule has 0 unspecified atom stereocenters. The van der Waals surface area contributed by atoms with Crippen molar-refractivity contribution in [2.75, 3.05) is 39.2 Å². The predicted molar refractivity (Wildman–Crippen MR) is 125 cm³/mol. The van der Waals surface area contributed by atoms with Crippen LogP contribution in [0.2, 0.25) is 0 Å². The molecule has 34 heavy (non-hydrogen) atoms. The van der Waals surface area contributed by atoms with Crippen molar-refractivity contribution < 1.29 is 18.7 Å². The second kappa shape index (κ2) is 9.86. The number of rotatable bonds is 7. The number of halogens is 1. The Labute approximate surface area is 197 Å². The minimum absolute atomic E-state index is 0.0637. The molecule has 1 amide bonds. The Hall–Kier alpha value is -3.37. The largest absolute Gasteiger partial charge is 0.354 e. The number of nitrogens with one attached hydrogen (secondary N) is 2. The number of ether oxygens (including phenoxy) is 2. The summed E-state index contributed by atoms with van der Waals surface area (Å²) in [5.74, 6) is 0.545. The van der Waals surface area contributed by atoms with Gasteiger partial charge in [0.25, 0.3) is 0 Å². The number of aromatic amines is 1. The first kappa shape index (κ1) is 23.8. The second-order valence-corrected chi connectivity index (χ2v) is 8.76. The topological polar surface area (TPSA) is 105 Å². The fraction of sp³-hybridized carbons (Fsp3) is 0.417. The fourth-order valence-corrected chi connectivity index (χ4v) is 3.76. The molecule has 0 atom stereocenters. The number of benzene rings is 1. The minimum atomic E-state index is -0.782. The maximum Gasteiger partial charge on any atom is 0.232 e. The van der Waals surface area contributed by atoms with Crippen molar-refractivity contribution in [1.82, 2.24) is 24.8 Å². The first-order valence-corrected chi connectivity index (χ1v) is 11.2. The maximum absolute atomic E-state index is 13.6. The Morgan fingerprint density at radius 2 is 1.91 bits per heavy atom. The van der Waals surface area contributed by atoms with Gasteiger partial charge in [-0.2, -0.15) is 0 Å². The number of hydrogen-bond donors (Lipinski definition) is 2. The van der Waals surface area contributed by atoms with Crippen molar-refractivity contribution in [2.45, 2.75) is 26.6 Å². The van der Waals surface area contributed by atoms with Crippen LogP contribution >= 0.6 is 0 Å². The van der Waals surface area contributed by atoms with Crippen LogP contribution < -0.4 is 5.32 Å². The molecule has 2 aromatic heterocycles. The molecule has 2 N–H and O–H groups in total. The SMILES string of the molecule is CCCNc1nccc(-c2[nH]c(C3OCC(C)(C(=O)N(C)C)CO3)nc2-c2ccc(F)cc2)n1. The van der Waals surface area contributed by atoms with Crippen LogP contribution in [0.15, 0.2) is 36.5 Å². The second-order valence-electron chi connectivity index (χ2n) is 8.76. The highest BCUT2D eigenvalue weighted by molar-refractivity contribution is 5.82. The molecule has 180 valence electrons. The molecule has 0 saturated carbocycles. The Morgan fingerprint density at radius 1 is 1.21 bits per heavy atom. The number of anilines is 1. The first-order valence-electron chi connectivity index (χ1n) is 11.2. The molecule has 1 fully saturated rings. The van der Waals surface area contributed by atoms with Gasteiger partial charge < -0.3 is 24.7 Å². The van der Waals surface area contributed by atoms with Crippen LogP contribution in [0.5, 0.6) is 0 Å². The van der Waals surface area contributed by atoms with E-state index in [9.17, 15) is 9.18 Å². The highest BCUT2D eigenvalue weighted by atomic mass is 19.1. The van der Waals surface area contributed by atoms with Crippen LogP contribution in [-0.4, -0.2) is 64.6 Å². The lowest BCUT2D eigenvalue weighted by Gasteiger charge is -2.36. The lowest BCUT2D eigenvalue weighted by Crippen LogP contribution is -2.48. The van der Waals surface area contributed by atoms with E-state index in [0.29, 0.717) is 34.4 Å². The van der Waals surface area contributed by atoms with Crippen LogP contribution in [0, 0.1) is 11.2 Å². The van der Waals surface area contributed by atoms with Gasteiger partial charge in [0.05, 0.1) is 35.7 Å². The number of imidazole rings is 1. The summed E-state index contributed by atoms with van der Waals surface area (Å²) in [6.45, 7) is 5.00. The summed E-state index contributed by atoms with van der Waals surface area (Å²) >= 11 is 0. The Balaban J connectivity index is 1.67. The molecule has 1 aliphatic heterocycles. The van der Waals surface area contributed by atoms with E-state index in [2.05, 4.69) is 27.2 Å². The van der Waals surface area contributed by atoms with Gasteiger partial charge in [0, 0.05) is 32.4 Å². The third-order valence-corrected chi connectivity index (χ3v) is 5.54. The van der Waals surface area contributed by atoms with Gasteiger partial charge >= 0.3 is 0 Å². The molecule has 4 rings (SSSR count). The van der Waals surface area contributed by atoms with Gasteiger partial charge in [-0.25, -0.2) is 19.3 Å². The van der Waals surface area contributed by atoms with Gasteiger partial charge in [0.2, 0.25) is 18.1 Å². The summed E-state index contributed by atoms with van der Waals surface area (Å²) in [5.41, 5.74) is 1.77. The molecular weight excluding hydrogens is 439 g/mol. The smallest absolute Gasteiger partial charge is 0.232 e. The van der Waals surface area contributed by atoms with E-state index in [1.165, 1.54) is 17.0 Å². The zero-order chi connectivity index (χ0) is 24.3. The summed E-state index contributed by atoms with van der Waals surface area (Å²) in [5, 5.41) is 3.18. The molecule has 0 bridgehead atoms. The van der Waals surface area contributed by atoms with Crippen molar-refractivity contribution in [3.63, 3.8) is 0 Å². The van der Waals surface area contributed by atoms with Gasteiger partial charge in [-0.15, -0.1) is 0 Å². The van der Waals surface area contributed by atoms with Crippen molar-refractivity contribution in [3.05, 3.63) is 48.2 Å². The molecule has 0 aliphatic carbocycles. The number of hydrogen-bond acceptors (Lipinski definition) is 7. The van der Waals surface area contributed by atoms with Crippen molar-refractivity contribution in [1.29, 1.82) is 0 Å². The third kappa shape index (κ3) is 4.92. The Kier molecular flexibility index (Phi) is 6.90. The lowest BCUT2D eigenvalue weighted by atomic mass is 9.90. The molecule has 1 aliphatic rings. The lowest BCUT2D eigenvalue weighted by molar-refractivity contribution is -0.233. The van der Waals surface area contributed by atoms with Gasteiger partial charge in [-0.05, 0) is 43.7 Å². The molecule has 0 radical (unpaired) electrons. The van der Waals surface area contributed by atoms with Gasteiger partial charge in [0.1, 0.15) is 5.82 Å². The van der Waals surface area contributed by atoms with E-state index in [1.807, 2.05) is 6.92 Å². The average Bonchev–Trinajstić information content (AvgIpc) is 3.29. The van der Waals surface area contributed by atoms with E-state index < -0.39 is 11.7 Å². The summed E-state index contributed by atoms with van der Waals surface area (Å²) in [6.07, 6.45) is 1.82. The minimum Gasteiger partial charge on any atom is -0.354 e. The summed E-state index contributed by atoms with van der Waals surface area (Å²) in [6, 6.07) is 7.86. The molecular formula is C24H29FN6O3. The van der Waals surface area contributed by atoms with E-state index >= 15 is 0 Å². The van der Waals surface area contributed by atoms with Crippen molar-refractivity contribution in [2.24, 2.45) is 5.41 Å². The highest BCUT2D eigenvalue weighted by Crippen LogP contribution is 2.36. The average molecular weight is 469 g/mol. The number of carbonyl (C=O) groups excluding carboxylic acids is 1. The predicted octanol–water partition coefficient (Wildman–Crippen LogP) is 3.63. The van der Waals surface area contributed by atoms with Crippen molar-refractivity contribution in [3.8, 4) is 22.6 Å². The zero-order valence-electron chi connectivity index (χ0n) is 19.8. The van der Waals surface area contributed by atoms with Crippen molar-refractivity contribution >= 4 is 11.9 Å². The zero-order valence-corrected chi connectivity index (χ0v) is 19.8. The monoisotopic (exact) mass is 468 g/mol. The third-order valence-electron chi connectivity index (χ3n) is 5.54. The molecule has 3 heterocycles. The fourth-order valence-electron chi connectivity index (χ4n) is 3.76. The van der Waals surface area contributed by atoms with Gasteiger partial charge in [-0.3, -0.25) is 4.79 Å². The number of aromatic nitrogens is 4. The summed E-state index contributed by atoms with van der Waals surface area (Å²) in [4.78, 5) is 30.9. The maximum atomic E-state index is 13.6. The van der Waals surface area contributed by atoms with Crippen LogP contribution in [-0.2, 0) is 14.3 Å². The van der Waals surface area contributed by atoms with Gasteiger partial charge in [-0.1, -0.05) is 6.92 Å². The van der Waals surface area contributed by atoms with E-state index in [4.69, 9.17) is 14.5 Å². The summed E-state index contributed by atoms with van der Waals surface area (Å²) in [7, 11) is 3.41. The van der Waals surface area contributed by atoms with Gasteiger partial charge in [0.15, 0.2) is 5.82 Å². The molecule has 9 nitrogen and oxygen atoms in total. The van der Waals surface area contributed by atoms with E-state index in [-0.39, 0.29) is 24.9 Å².